The molecule has 5 atom stereocenters. The minimum Gasteiger partial charge on any atom is -0.508 e. The van der Waals surface area contributed by atoms with Crippen molar-refractivity contribution in [2.24, 2.45) is 11.8 Å². The molecule has 2 aliphatic heterocycles. The second-order valence-electron chi connectivity index (χ2n) is 15.5. The smallest absolute Gasteiger partial charge is 0.128 e. The van der Waals surface area contributed by atoms with Crippen LogP contribution in [-0.2, 0) is 22.4 Å². The third-order valence-corrected chi connectivity index (χ3v) is 11.6. The van der Waals surface area contributed by atoms with Gasteiger partial charge in [0, 0.05) is 74.0 Å². The monoisotopic (exact) mass is 783 g/mol. The van der Waals surface area contributed by atoms with E-state index in [1.54, 1.807) is 44.6 Å². The largest absolute Gasteiger partial charge is 0.508 e. The molecule has 1 saturated carbocycles. The molecule has 4 aromatic carbocycles. The van der Waals surface area contributed by atoms with Crippen molar-refractivity contribution in [2.45, 2.75) is 82.3 Å². The van der Waals surface area contributed by atoms with Gasteiger partial charge in [-0.3, -0.25) is 0 Å². The van der Waals surface area contributed by atoms with Crippen molar-refractivity contribution in [1.29, 1.82) is 0 Å². The molecule has 2 heterocycles. The first-order valence-electron chi connectivity index (χ1n) is 20.3. The Hall–Kier alpha value is -4.52. The van der Waals surface area contributed by atoms with Crippen LogP contribution in [-0.4, -0.2) is 80.3 Å². The Kier molecular flexibility index (Phi) is 13.4. The van der Waals surface area contributed by atoms with Crippen LogP contribution in [0.4, 0.5) is 0 Å². The average molecular weight is 784 g/mol. The predicted molar refractivity (Wildman–Crippen MR) is 216 cm³/mol. The Bertz CT molecular complexity index is 1960. The summed E-state index contributed by atoms with van der Waals surface area (Å²) in [5.74, 6) is 2.16. The first kappa shape index (κ1) is 40.7. The van der Waals surface area contributed by atoms with Crippen LogP contribution in [0, 0.1) is 11.8 Å². The third kappa shape index (κ3) is 9.13. The first-order chi connectivity index (χ1) is 27.8. The van der Waals surface area contributed by atoms with Gasteiger partial charge in [0.1, 0.15) is 40.6 Å². The molecule has 0 saturated heterocycles. The van der Waals surface area contributed by atoms with Gasteiger partial charge in [-0.25, -0.2) is 0 Å². The molecule has 4 aromatic rings. The van der Waals surface area contributed by atoms with E-state index in [0.29, 0.717) is 67.6 Å². The van der Waals surface area contributed by atoms with Crippen LogP contribution in [0.2, 0.25) is 0 Å². The molecule has 306 valence electrons. The average Bonchev–Trinajstić information content (AvgIpc) is 3.72. The summed E-state index contributed by atoms with van der Waals surface area (Å²) in [5.41, 5.74) is 5.76. The Morgan fingerprint density at radius 1 is 0.860 bits per heavy atom. The lowest BCUT2D eigenvalue weighted by Crippen LogP contribution is -2.46. The molecule has 0 spiro atoms. The summed E-state index contributed by atoms with van der Waals surface area (Å²) in [6.07, 6.45) is 4.67. The minimum atomic E-state index is -0.969. The van der Waals surface area contributed by atoms with Crippen LogP contribution < -0.4 is 24.3 Å². The molecule has 5 N–H and O–H groups in total. The number of phenols is 2. The summed E-state index contributed by atoms with van der Waals surface area (Å²) >= 11 is 0. The van der Waals surface area contributed by atoms with E-state index in [2.05, 4.69) is 5.32 Å². The number of methoxy groups -OCH3 is 2. The number of nitrogens with one attached hydrogen (secondary N) is 1. The highest BCUT2D eigenvalue weighted by Crippen LogP contribution is 2.53. The quantitative estimate of drug-likeness (QED) is 0.0683. The highest BCUT2D eigenvalue weighted by atomic mass is 16.5. The van der Waals surface area contributed by atoms with Crippen molar-refractivity contribution in [3.63, 3.8) is 0 Å². The van der Waals surface area contributed by atoms with Crippen LogP contribution in [0.1, 0.15) is 85.0 Å². The number of benzene rings is 4. The molecule has 11 nitrogen and oxygen atoms in total. The zero-order valence-corrected chi connectivity index (χ0v) is 33.2. The zero-order chi connectivity index (χ0) is 39.9. The normalized spacial score (nSPS) is 21.7. The lowest BCUT2D eigenvalue weighted by atomic mass is 9.72. The van der Waals surface area contributed by atoms with Gasteiger partial charge in [0.15, 0.2) is 0 Å². The summed E-state index contributed by atoms with van der Waals surface area (Å²) in [6.45, 7) is 1.65. The summed E-state index contributed by atoms with van der Waals surface area (Å²) in [6, 6.07) is 20.2. The first-order valence-corrected chi connectivity index (χ1v) is 20.3. The Labute approximate surface area is 335 Å². The highest BCUT2D eigenvalue weighted by Gasteiger charge is 2.49. The fourth-order valence-electron chi connectivity index (χ4n) is 8.95. The van der Waals surface area contributed by atoms with Gasteiger partial charge < -0.3 is 54.2 Å². The molecule has 1 aliphatic carbocycles. The maximum atomic E-state index is 12.7. The molecule has 1 fully saturated rings. The van der Waals surface area contributed by atoms with Gasteiger partial charge in [0.2, 0.25) is 0 Å². The van der Waals surface area contributed by atoms with Crippen molar-refractivity contribution in [1.82, 2.24) is 5.32 Å². The highest BCUT2D eigenvalue weighted by molar-refractivity contribution is 5.70. The standard InChI is InChI=1S/C46H57NO10/c1-47-26-31-23-42-37(25-41(31)53-3)46(54-18-8-16-48)43(40(57-42)13-7-17-52-2)39-27-55-45-30(22-35(24-38(45)44(39)51)56-34-11-4-5-12-34)19-29-21-33(50)14-15-36(29)28-9-6-10-32(49)20-28/h6,9-10,14-15,20-25,34,39-40,43-44,46-51H,4-5,7-8,11-13,16-19,26-27H2,1-3H3. The molecule has 5 unspecified atom stereocenters. The van der Waals surface area contributed by atoms with Crippen LogP contribution in [0.3, 0.4) is 0 Å². The molecular formula is C46H57NO10. The maximum absolute atomic E-state index is 12.7. The van der Waals surface area contributed by atoms with Crippen molar-refractivity contribution in [3.05, 3.63) is 94.5 Å². The van der Waals surface area contributed by atoms with E-state index < -0.39 is 18.1 Å². The number of ether oxygens (including phenoxy) is 6. The van der Waals surface area contributed by atoms with E-state index in [1.807, 2.05) is 43.4 Å². The van der Waals surface area contributed by atoms with Crippen molar-refractivity contribution < 1.29 is 48.8 Å². The van der Waals surface area contributed by atoms with E-state index in [4.69, 9.17) is 28.4 Å². The van der Waals surface area contributed by atoms with Gasteiger partial charge >= 0.3 is 0 Å². The number of rotatable bonds is 17. The van der Waals surface area contributed by atoms with Gasteiger partial charge in [-0.2, -0.15) is 0 Å². The van der Waals surface area contributed by atoms with Gasteiger partial charge in [-0.15, -0.1) is 0 Å². The predicted octanol–water partition coefficient (Wildman–Crippen LogP) is 7.39. The molecule has 57 heavy (non-hydrogen) atoms. The second kappa shape index (κ2) is 18.8. The van der Waals surface area contributed by atoms with E-state index in [1.165, 1.54) is 0 Å². The number of fused-ring (bicyclic) bond motifs is 2. The third-order valence-electron chi connectivity index (χ3n) is 11.6. The lowest BCUT2D eigenvalue weighted by Gasteiger charge is -2.46. The fourth-order valence-corrected chi connectivity index (χ4v) is 8.95. The number of aliphatic hydroxyl groups excluding tert-OH is 2. The topological polar surface area (TPSA) is 148 Å². The Balaban J connectivity index is 1.30. The summed E-state index contributed by atoms with van der Waals surface area (Å²) in [4.78, 5) is 0. The number of phenolic OH excluding ortho intramolecular Hbond substituents is 2. The summed E-state index contributed by atoms with van der Waals surface area (Å²) < 4.78 is 38.3. The van der Waals surface area contributed by atoms with Crippen molar-refractivity contribution in [3.8, 4) is 45.6 Å². The van der Waals surface area contributed by atoms with Crippen LogP contribution in [0.15, 0.2) is 66.7 Å². The van der Waals surface area contributed by atoms with Gasteiger partial charge in [-0.1, -0.05) is 18.2 Å². The van der Waals surface area contributed by atoms with E-state index >= 15 is 0 Å². The minimum absolute atomic E-state index is 0.0101. The number of hydrogen-bond donors (Lipinski definition) is 5. The van der Waals surface area contributed by atoms with E-state index in [-0.39, 0.29) is 42.8 Å². The van der Waals surface area contributed by atoms with Crippen LogP contribution in [0.25, 0.3) is 11.1 Å². The number of hydrogen-bond acceptors (Lipinski definition) is 11. The summed E-state index contributed by atoms with van der Waals surface area (Å²) in [7, 11) is 5.23. The number of aliphatic hydroxyl groups is 2. The fraction of sp³-hybridized carbons (Fsp3) is 0.478. The zero-order valence-electron chi connectivity index (χ0n) is 33.2. The number of aromatic hydroxyl groups is 2. The van der Waals surface area contributed by atoms with Gasteiger partial charge in [0.25, 0.3) is 0 Å². The Morgan fingerprint density at radius 3 is 2.44 bits per heavy atom. The molecule has 3 aliphatic rings. The van der Waals surface area contributed by atoms with Gasteiger partial charge in [0.05, 0.1) is 32.0 Å². The maximum Gasteiger partial charge on any atom is 0.128 e. The SMILES string of the molecule is CNCc1cc2c(cc1OC)C(OCCCO)C(C1COc3c(Cc4cc(O)ccc4-c4cccc(O)c4)cc(OC4CCCC4)cc3C1O)C(CCCOC)O2. The van der Waals surface area contributed by atoms with E-state index in [9.17, 15) is 20.4 Å². The van der Waals surface area contributed by atoms with Crippen molar-refractivity contribution >= 4 is 0 Å². The van der Waals surface area contributed by atoms with E-state index in [0.717, 1.165) is 65.5 Å². The molecule has 0 amide bonds. The van der Waals surface area contributed by atoms with Crippen LogP contribution >= 0.6 is 0 Å². The molecule has 0 radical (unpaired) electrons. The summed E-state index contributed by atoms with van der Waals surface area (Å²) in [5, 5.41) is 46.6. The molecule has 0 aromatic heterocycles. The van der Waals surface area contributed by atoms with Crippen LogP contribution in [0.5, 0.6) is 34.5 Å². The Morgan fingerprint density at radius 2 is 1.68 bits per heavy atom. The van der Waals surface area contributed by atoms with Gasteiger partial charge in [-0.05, 0) is 117 Å². The molecule has 7 rings (SSSR count). The molecular weight excluding hydrogens is 727 g/mol. The lowest BCUT2D eigenvalue weighted by molar-refractivity contribution is -0.114. The van der Waals surface area contributed by atoms with Crippen molar-refractivity contribution in [2.75, 3.05) is 47.7 Å². The molecule has 11 heteroatoms. The molecule has 0 bridgehead atoms. The second-order valence-corrected chi connectivity index (χ2v) is 15.5.